The van der Waals surface area contributed by atoms with E-state index in [1.165, 1.54) is 4.31 Å². The summed E-state index contributed by atoms with van der Waals surface area (Å²) in [5.74, 6) is 0.922. The van der Waals surface area contributed by atoms with Crippen LogP contribution in [0.4, 0.5) is 5.69 Å². The standard InChI is InChI=1S/C25H27ClN2O4S/c1-33(30,31)28(23-10-5-6-11-24(23)32-22-8-3-2-4-9-22)19-7-12-25(29)27-18-17-20-13-15-21(26)16-14-20/h2-6,8-11,13-16H,7,12,17-19H2,1H3,(H,27,29). The second-order valence-corrected chi connectivity index (χ2v) is 9.89. The highest BCUT2D eigenvalue weighted by Crippen LogP contribution is 2.33. The highest BCUT2D eigenvalue weighted by Gasteiger charge is 2.21. The normalized spacial score (nSPS) is 11.1. The van der Waals surface area contributed by atoms with Crippen molar-refractivity contribution in [3.8, 4) is 11.5 Å². The van der Waals surface area contributed by atoms with Gasteiger partial charge in [-0.3, -0.25) is 9.10 Å². The molecule has 174 valence electrons. The highest BCUT2D eigenvalue weighted by molar-refractivity contribution is 7.92. The van der Waals surface area contributed by atoms with Crippen LogP contribution in [0.5, 0.6) is 11.5 Å². The number of carbonyl (C=O) groups is 1. The Balaban J connectivity index is 1.57. The number of nitrogens with one attached hydrogen (secondary N) is 1. The van der Waals surface area contributed by atoms with E-state index in [4.69, 9.17) is 16.3 Å². The second kappa shape index (κ2) is 11.7. The first-order chi connectivity index (χ1) is 15.8. The van der Waals surface area contributed by atoms with E-state index in [1.54, 1.807) is 36.4 Å². The van der Waals surface area contributed by atoms with Crippen LogP contribution in [0.3, 0.4) is 0 Å². The molecule has 33 heavy (non-hydrogen) atoms. The molecule has 0 aromatic heterocycles. The summed E-state index contributed by atoms with van der Waals surface area (Å²) in [6.45, 7) is 0.669. The minimum absolute atomic E-state index is 0.119. The summed E-state index contributed by atoms with van der Waals surface area (Å²) < 4.78 is 32.3. The third-order valence-electron chi connectivity index (χ3n) is 4.92. The number of halogens is 1. The Hall–Kier alpha value is -3.03. The number of hydrogen-bond donors (Lipinski definition) is 1. The van der Waals surface area contributed by atoms with E-state index in [2.05, 4.69) is 5.32 Å². The van der Waals surface area contributed by atoms with Gasteiger partial charge in [0.15, 0.2) is 5.75 Å². The number of para-hydroxylation sites is 3. The quantitative estimate of drug-likeness (QED) is 0.412. The van der Waals surface area contributed by atoms with Crippen LogP contribution in [-0.4, -0.2) is 33.7 Å². The van der Waals surface area contributed by atoms with Gasteiger partial charge in [-0.25, -0.2) is 8.42 Å². The van der Waals surface area contributed by atoms with Crippen LogP contribution in [0.2, 0.25) is 5.02 Å². The van der Waals surface area contributed by atoms with E-state index in [0.29, 0.717) is 41.6 Å². The van der Waals surface area contributed by atoms with Crippen molar-refractivity contribution in [2.24, 2.45) is 0 Å². The van der Waals surface area contributed by atoms with Crippen LogP contribution in [0.15, 0.2) is 78.9 Å². The van der Waals surface area contributed by atoms with Crippen molar-refractivity contribution in [3.63, 3.8) is 0 Å². The van der Waals surface area contributed by atoms with Crippen LogP contribution in [0, 0.1) is 0 Å². The molecule has 0 saturated heterocycles. The van der Waals surface area contributed by atoms with Gasteiger partial charge in [0.2, 0.25) is 15.9 Å². The number of rotatable bonds is 11. The summed E-state index contributed by atoms with van der Waals surface area (Å²) >= 11 is 5.88. The molecule has 6 nitrogen and oxygen atoms in total. The molecule has 0 spiro atoms. The number of nitrogens with zero attached hydrogens (tertiary/aromatic N) is 1. The van der Waals surface area contributed by atoms with Gasteiger partial charge in [0.1, 0.15) is 5.75 Å². The molecule has 0 bridgehead atoms. The van der Waals surface area contributed by atoms with Crippen LogP contribution in [0.1, 0.15) is 18.4 Å². The molecule has 0 heterocycles. The van der Waals surface area contributed by atoms with Gasteiger partial charge in [-0.2, -0.15) is 0 Å². The maximum absolute atomic E-state index is 12.5. The Morgan fingerprint density at radius 3 is 2.33 bits per heavy atom. The molecule has 0 fully saturated rings. The number of carbonyl (C=O) groups excluding carboxylic acids is 1. The maximum atomic E-state index is 12.5. The van der Waals surface area contributed by atoms with E-state index >= 15 is 0 Å². The lowest BCUT2D eigenvalue weighted by Crippen LogP contribution is -2.32. The molecule has 0 aliphatic rings. The van der Waals surface area contributed by atoms with Crippen molar-refractivity contribution in [3.05, 3.63) is 89.4 Å². The predicted octanol–water partition coefficient (Wildman–Crippen LogP) is 5.04. The van der Waals surface area contributed by atoms with Crippen LogP contribution in [0.25, 0.3) is 0 Å². The zero-order valence-corrected chi connectivity index (χ0v) is 20.0. The van der Waals surface area contributed by atoms with E-state index in [-0.39, 0.29) is 18.9 Å². The number of sulfonamides is 1. The van der Waals surface area contributed by atoms with Gasteiger partial charge in [-0.1, -0.05) is 54.1 Å². The zero-order chi connectivity index (χ0) is 23.7. The largest absolute Gasteiger partial charge is 0.455 e. The van der Waals surface area contributed by atoms with Gasteiger partial charge in [-0.15, -0.1) is 0 Å². The molecule has 0 unspecified atom stereocenters. The van der Waals surface area contributed by atoms with E-state index in [0.717, 1.165) is 11.8 Å². The van der Waals surface area contributed by atoms with Gasteiger partial charge >= 0.3 is 0 Å². The summed E-state index contributed by atoms with van der Waals surface area (Å²) in [5.41, 5.74) is 1.52. The molecule has 0 atom stereocenters. The topological polar surface area (TPSA) is 75.7 Å². The second-order valence-electron chi connectivity index (χ2n) is 7.55. The van der Waals surface area contributed by atoms with Crippen molar-refractivity contribution in [1.29, 1.82) is 0 Å². The minimum Gasteiger partial charge on any atom is -0.455 e. The number of hydrogen-bond acceptors (Lipinski definition) is 4. The smallest absolute Gasteiger partial charge is 0.232 e. The molecule has 0 saturated carbocycles. The third-order valence-corrected chi connectivity index (χ3v) is 6.35. The maximum Gasteiger partial charge on any atom is 0.232 e. The average molecular weight is 487 g/mol. The summed E-state index contributed by atoms with van der Waals surface area (Å²) in [7, 11) is -3.58. The van der Waals surface area contributed by atoms with E-state index in [9.17, 15) is 13.2 Å². The average Bonchev–Trinajstić information content (AvgIpc) is 2.79. The molecule has 1 amide bonds. The molecule has 3 aromatic carbocycles. The Morgan fingerprint density at radius 1 is 0.970 bits per heavy atom. The summed E-state index contributed by atoms with van der Waals surface area (Å²) in [5, 5.41) is 3.55. The Labute approximate surface area is 200 Å². The lowest BCUT2D eigenvalue weighted by molar-refractivity contribution is -0.121. The van der Waals surface area contributed by atoms with Crippen molar-refractivity contribution in [1.82, 2.24) is 5.32 Å². The summed E-state index contributed by atoms with van der Waals surface area (Å²) in [6.07, 6.45) is 2.44. The summed E-state index contributed by atoms with van der Waals surface area (Å²) in [6, 6.07) is 23.6. The first-order valence-electron chi connectivity index (χ1n) is 10.6. The van der Waals surface area contributed by atoms with Crippen LogP contribution in [-0.2, 0) is 21.2 Å². The van der Waals surface area contributed by atoms with Crippen LogP contribution >= 0.6 is 11.6 Å². The predicted molar refractivity (Wildman–Crippen MR) is 133 cm³/mol. The first-order valence-corrected chi connectivity index (χ1v) is 12.9. The Morgan fingerprint density at radius 2 is 1.64 bits per heavy atom. The van der Waals surface area contributed by atoms with Gasteiger partial charge < -0.3 is 10.1 Å². The Kier molecular flexibility index (Phi) is 8.74. The van der Waals surface area contributed by atoms with Crippen molar-refractivity contribution >= 4 is 33.2 Å². The molecular formula is C25H27ClN2O4S. The fourth-order valence-electron chi connectivity index (χ4n) is 3.30. The molecule has 0 radical (unpaired) electrons. The molecule has 3 rings (SSSR count). The monoisotopic (exact) mass is 486 g/mol. The molecule has 0 aliphatic heterocycles. The van der Waals surface area contributed by atoms with Gasteiger partial charge in [-0.05, 0) is 54.8 Å². The third kappa shape index (κ3) is 7.80. The fraction of sp³-hybridized carbons (Fsp3) is 0.240. The number of benzene rings is 3. The number of ether oxygens (including phenoxy) is 1. The lowest BCUT2D eigenvalue weighted by Gasteiger charge is -2.24. The zero-order valence-electron chi connectivity index (χ0n) is 18.4. The van der Waals surface area contributed by atoms with Crippen molar-refractivity contribution in [2.75, 3.05) is 23.7 Å². The Bertz CT molecular complexity index is 1150. The van der Waals surface area contributed by atoms with Gasteiger partial charge in [0.05, 0.1) is 11.9 Å². The highest BCUT2D eigenvalue weighted by atomic mass is 35.5. The number of amides is 1. The van der Waals surface area contributed by atoms with Crippen molar-refractivity contribution in [2.45, 2.75) is 19.3 Å². The SMILES string of the molecule is CS(=O)(=O)N(CCCC(=O)NCCc1ccc(Cl)cc1)c1ccccc1Oc1ccccc1. The van der Waals surface area contributed by atoms with Crippen molar-refractivity contribution < 1.29 is 17.9 Å². The van der Waals surface area contributed by atoms with E-state index in [1.807, 2.05) is 42.5 Å². The molecular weight excluding hydrogens is 460 g/mol. The molecule has 8 heteroatoms. The van der Waals surface area contributed by atoms with Gasteiger partial charge in [0.25, 0.3) is 0 Å². The minimum atomic E-state index is -3.58. The van der Waals surface area contributed by atoms with Crippen LogP contribution < -0.4 is 14.4 Å². The number of anilines is 1. The molecule has 0 aliphatic carbocycles. The lowest BCUT2D eigenvalue weighted by atomic mass is 10.1. The first kappa shape index (κ1) is 24.6. The van der Waals surface area contributed by atoms with Gasteiger partial charge in [0, 0.05) is 24.5 Å². The molecule has 3 aromatic rings. The molecule has 1 N–H and O–H groups in total. The van der Waals surface area contributed by atoms with E-state index < -0.39 is 10.0 Å². The summed E-state index contributed by atoms with van der Waals surface area (Å²) in [4.78, 5) is 12.2. The fourth-order valence-corrected chi connectivity index (χ4v) is 4.39.